The third-order valence-corrected chi connectivity index (χ3v) is 5.74. The van der Waals surface area contributed by atoms with Crippen LogP contribution >= 0.6 is 11.6 Å². The normalized spacial score (nSPS) is 18.4. The van der Waals surface area contributed by atoms with E-state index in [0.717, 1.165) is 11.1 Å². The zero-order chi connectivity index (χ0) is 17.2. The van der Waals surface area contributed by atoms with E-state index in [1.165, 1.54) is 16.9 Å². The van der Waals surface area contributed by atoms with Gasteiger partial charge in [-0.2, -0.15) is 4.31 Å². The highest BCUT2D eigenvalue weighted by molar-refractivity contribution is 7.88. The molecular weight excluding hydrogens is 348 g/mol. The molecule has 8 heteroatoms. The van der Waals surface area contributed by atoms with Crippen LogP contribution in [0.1, 0.15) is 17.2 Å². The zero-order valence-electron chi connectivity index (χ0n) is 13.3. The van der Waals surface area contributed by atoms with E-state index in [4.69, 9.17) is 11.6 Å². The molecule has 1 unspecified atom stereocenters. The van der Waals surface area contributed by atoms with Crippen molar-refractivity contribution in [1.29, 1.82) is 0 Å². The molecule has 1 saturated heterocycles. The molecule has 1 aromatic heterocycles. The Labute approximate surface area is 147 Å². The van der Waals surface area contributed by atoms with Gasteiger partial charge in [-0.25, -0.2) is 18.4 Å². The minimum atomic E-state index is -3.15. The molecular formula is C16H19ClN4O2S. The van der Waals surface area contributed by atoms with Crippen molar-refractivity contribution in [2.45, 2.75) is 6.04 Å². The van der Waals surface area contributed by atoms with Gasteiger partial charge in [0.1, 0.15) is 6.33 Å². The summed E-state index contributed by atoms with van der Waals surface area (Å²) >= 11 is 6.01. The van der Waals surface area contributed by atoms with Crippen LogP contribution in [0.15, 0.2) is 43.0 Å². The SMILES string of the molecule is CS(=O)(=O)N1CCN(C(c2ccc(Cl)cc2)c2cncnc2)CC1. The molecule has 0 radical (unpaired) electrons. The molecule has 1 aliphatic heterocycles. The number of sulfonamides is 1. The number of nitrogens with zero attached hydrogens (tertiary/aromatic N) is 4. The summed E-state index contributed by atoms with van der Waals surface area (Å²) in [6, 6.07) is 7.68. The molecule has 2 heterocycles. The molecule has 1 atom stereocenters. The summed E-state index contributed by atoms with van der Waals surface area (Å²) in [7, 11) is -3.15. The average Bonchev–Trinajstić information content (AvgIpc) is 2.58. The quantitative estimate of drug-likeness (QED) is 0.825. The molecule has 24 heavy (non-hydrogen) atoms. The Morgan fingerprint density at radius 2 is 1.58 bits per heavy atom. The topological polar surface area (TPSA) is 66.4 Å². The molecule has 1 aromatic carbocycles. The predicted octanol–water partition coefficient (Wildman–Crippen LogP) is 1.80. The van der Waals surface area contributed by atoms with Crippen molar-refractivity contribution < 1.29 is 8.42 Å². The van der Waals surface area contributed by atoms with Gasteiger partial charge in [0.2, 0.25) is 10.0 Å². The van der Waals surface area contributed by atoms with Crippen LogP contribution in [0.4, 0.5) is 0 Å². The third-order valence-electron chi connectivity index (χ3n) is 4.19. The van der Waals surface area contributed by atoms with Gasteiger partial charge in [-0.05, 0) is 17.7 Å². The van der Waals surface area contributed by atoms with Crippen molar-refractivity contribution in [2.75, 3.05) is 32.4 Å². The number of halogens is 1. The highest BCUT2D eigenvalue weighted by Crippen LogP contribution is 2.29. The Hall–Kier alpha value is -1.54. The summed E-state index contributed by atoms with van der Waals surface area (Å²) in [5, 5.41) is 0.684. The van der Waals surface area contributed by atoms with Gasteiger partial charge in [-0.3, -0.25) is 4.90 Å². The van der Waals surface area contributed by atoms with Gasteiger partial charge in [0, 0.05) is 49.2 Å². The van der Waals surface area contributed by atoms with E-state index in [1.807, 2.05) is 24.3 Å². The summed E-state index contributed by atoms with van der Waals surface area (Å²) in [4.78, 5) is 10.5. The molecule has 0 N–H and O–H groups in total. The highest BCUT2D eigenvalue weighted by atomic mass is 35.5. The summed E-state index contributed by atoms with van der Waals surface area (Å²) in [6.07, 6.45) is 6.36. The van der Waals surface area contributed by atoms with E-state index in [0.29, 0.717) is 31.2 Å². The van der Waals surface area contributed by atoms with Gasteiger partial charge >= 0.3 is 0 Å². The van der Waals surface area contributed by atoms with Crippen molar-refractivity contribution in [3.8, 4) is 0 Å². The lowest BCUT2D eigenvalue weighted by molar-refractivity contribution is 0.156. The second kappa shape index (κ2) is 7.14. The van der Waals surface area contributed by atoms with Crippen LogP contribution in [0.2, 0.25) is 5.02 Å². The van der Waals surface area contributed by atoms with Crippen molar-refractivity contribution >= 4 is 21.6 Å². The van der Waals surface area contributed by atoms with Crippen LogP contribution in [0, 0.1) is 0 Å². The van der Waals surface area contributed by atoms with Crippen molar-refractivity contribution in [3.63, 3.8) is 0 Å². The minimum Gasteiger partial charge on any atom is -0.290 e. The van der Waals surface area contributed by atoms with Gasteiger partial charge in [-0.15, -0.1) is 0 Å². The van der Waals surface area contributed by atoms with Gasteiger partial charge in [0.05, 0.1) is 12.3 Å². The maximum Gasteiger partial charge on any atom is 0.211 e. The Morgan fingerprint density at radius 3 is 2.12 bits per heavy atom. The Morgan fingerprint density at radius 1 is 1.00 bits per heavy atom. The fourth-order valence-corrected chi connectivity index (χ4v) is 3.96. The van der Waals surface area contributed by atoms with Crippen LogP contribution in [-0.4, -0.2) is 60.0 Å². The molecule has 0 spiro atoms. The monoisotopic (exact) mass is 366 g/mol. The van der Waals surface area contributed by atoms with Gasteiger partial charge < -0.3 is 0 Å². The van der Waals surface area contributed by atoms with Crippen molar-refractivity contribution in [1.82, 2.24) is 19.2 Å². The molecule has 128 valence electrons. The standard InChI is InChI=1S/C16H19ClN4O2S/c1-24(22,23)21-8-6-20(7-9-21)16(14-10-18-12-19-11-14)13-2-4-15(17)5-3-13/h2-5,10-12,16H,6-9H2,1H3. The Bertz CT molecular complexity index is 775. The maximum absolute atomic E-state index is 11.7. The van der Waals surface area contributed by atoms with Crippen LogP contribution in [0.3, 0.4) is 0 Å². The number of hydrogen-bond acceptors (Lipinski definition) is 5. The first-order chi connectivity index (χ1) is 11.4. The van der Waals surface area contributed by atoms with Crippen LogP contribution in [0.25, 0.3) is 0 Å². The number of hydrogen-bond donors (Lipinski definition) is 0. The Balaban J connectivity index is 1.88. The van der Waals surface area contributed by atoms with Gasteiger partial charge in [0.25, 0.3) is 0 Å². The van der Waals surface area contributed by atoms with Crippen LogP contribution in [0.5, 0.6) is 0 Å². The zero-order valence-corrected chi connectivity index (χ0v) is 14.9. The largest absolute Gasteiger partial charge is 0.290 e. The predicted molar refractivity (Wildman–Crippen MR) is 93.3 cm³/mol. The first-order valence-electron chi connectivity index (χ1n) is 7.65. The first kappa shape index (κ1) is 17.3. The summed E-state index contributed by atoms with van der Waals surface area (Å²) in [5.74, 6) is 0. The van der Waals surface area contributed by atoms with Gasteiger partial charge in [-0.1, -0.05) is 23.7 Å². The van der Waals surface area contributed by atoms with Crippen molar-refractivity contribution in [2.24, 2.45) is 0 Å². The number of benzene rings is 1. The van der Waals surface area contributed by atoms with Crippen LogP contribution in [-0.2, 0) is 10.0 Å². The van der Waals surface area contributed by atoms with E-state index in [-0.39, 0.29) is 6.04 Å². The summed E-state index contributed by atoms with van der Waals surface area (Å²) in [5.41, 5.74) is 2.06. The van der Waals surface area contributed by atoms with E-state index >= 15 is 0 Å². The molecule has 1 fully saturated rings. The van der Waals surface area contributed by atoms with E-state index in [2.05, 4.69) is 14.9 Å². The molecule has 0 amide bonds. The molecule has 1 aliphatic rings. The van der Waals surface area contributed by atoms with E-state index in [1.54, 1.807) is 12.4 Å². The second-order valence-corrected chi connectivity index (χ2v) is 8.24. The highest BCUT2D eigenvalue weighted by Gasteiger charge is 2.29. The fraction of sp³-hybridized carbons (Fsp3) is 0.375. The van der Waals surface area contributed by atoms with E-state index in [9.17, 15) is 8.42 Å². The summed E-state index contributed by atoms with van der Waals surface area (Å²) in [6.45, 7) is 2.26. The first-order valence-corrected chi connectivity index (χ1v) is 9.87. The number of rotatable bonds is 4. The van der Waals surface area contributed by atoms with Crippen molar-refractivity contribution in [3.05, 3.63) is 59.1 Å². The second-order valence-electron chi connectivity index (χ2n) is 5.82. The minimum absolute atomic E-state index is 0.0230. The number of aromatic nitrogens is 2. The molecule has 3 rings (SSSR count). The maximum atomic E-state index is 11.7. The summed E-state index contributed by atoms with van der Waals surface area (Å²) < 4.78 is 24.9. The average molecular weight is 367 g/mol. The third kappa shape index (κ3) is 3.92. The Kier molecular flexibility index (Phi) is 5.15. The van der Waals surface area contributed by atoms with Crippen LogP contribution < -0.4 is 0 Å². The fourth-order valence-electron chi connectivity index (χ4n) is 3.00. The lowest BCUT2D eigenvalue weighted by atomic mass is 9.99. The lowest BCUT2D eigenvalue weighted by Gasteiger charge is -2.38. The molecule has 6 nitrogen and oxygen atoms in total. The molecule has 0 bridgehead atoms. The molecule has 2 aromatic rings. The number of piperazine rings is 1. The molecule has 0 aliphatic carbocycles. The smallest absolute Gasteiger partial charge is 0.211 e. The lowest BCUT2D eigenvalue weighted by Crippen LogP contribution is -2.49. The van der Waals surface area contributed by atoms with E-state index < -0.39 is 10.0 Å². The van der Waals surface area contributed by atoms with Gasteiger partial charge in [0.15, 0.2) is 0 Å². The molecule has 0 saturated carbocycles.